The van der Waals surface area contributed by atoms with Crippen molar-refractivity contribution < 1.29 is 4.74 Å². The van der Waals surface area contributed by atoms with Gasteiger partial charge < -0.3 is 10.5 Å². The van der Waals surface area contributed by atoms with Crippen LogP contribution in [0, 0.1) is 11.8 Å². The van der Waals surface area contributed by atoms with Crippen molar-refractivity contribution in [1.29, 1.82) is 0 Å². The van der Waals surface area contributed by atoms with E-state index < -0.39 is 0 Å². The minimum absolute atomic E-state index is 0.379. The summed E-state index contributed by atoms with van der Waals surface area (Å²) in [7, 11) is 0. The topological polar surface area (TPSA) is 35.2 Å². The summed E-state index contributed by atoms with van der Waals surface area (Å²) in [6.45, 7) is 1.11. The molecule has 0 bridgehead atoms. The van der Waals surface area contributed by atoms with Gasteiger partial charge in [-0.1, -0.05) is 42.2 Å². The average molecular weight is 263 g/mol. The van der Waals surface area contributed by atoms with Gasteiger partial charge in [-0.15, -0.1) is 0 Å². The van der Waals surface area contributed by atoms with Crippen molar-refractivity contribution in [3.05, 3.63) is 65.2 Å². The van der Waals surface area contributed by atoms with Gasteiger partial charge in [-0.3, -0.25) is 0 Å². The molecule has 0 saturated heterocycles. The summed E-state index contributed by atoms with van der Waals surface area (Å²) in [4.78, 5) is 0. The normalized spacial score (nSPS) is 15.6. The molecule has 0 aliphatic heterocycles. The Hall–Kier alpha value is -2.24. The van der Waals surface area contributed by atoms with Gasteiger partial charge in [0.2, 0.25) is 0 Å². The first-order valence-electron chi connectivity index (χ1n) is 6.86. The maximum Gasteiger partial charge on any atom is 0.120 e. The zero-order valence-electron chi connectivity index (χ0n) is 11.3. The van der Waals surface area contributed by atoms with Crippen LogP contribution in [0.15, 0.2) is 48.5 Å². The van der Waals surface area contributed by atoms with Gasteiger partial charge in [0.25, 0.3) is 0 Å². The second kappa shape index (κ2) is 5.81. The van der Waals surface area contributed by atoms with Crippen LogP contribution in [-0.2, 0) is 6.42 Å². The molecular weight excluding hydrogens is 246 g/mol. The molecule has 2 nitrogen and oxygen atoms in total. The Labute approximate surface area is 119 Å². The van der Waals surface area contributed by atoms with Gasteiger partial charge in [0.15, 0.2) is 0 Å². The molecule has 0 fully saturated rings. The Balaban J connectivity index is 1.62. The van der Waals surface area contributed by atoms with Crippen molar-refractivity contribution in [2.24, 2.45) is 5.73 Å². The third kappa shape index (κ3) is 2.68. The number of hydrogen-bond acceptors (Lipinski definition) is 2. The third-order valence-corrected chi connectivity index (χ3v) is 3.58. The van der Waals surface area contributed by atoms with Crippen LogP contribution in [0.5, 0.6) is 5.75 Å². The van der Waals surface area contributed by atoms with Gasteiger partial charge in [-0.2, -0.15) is 0 Å². The molecule has 0 radical (unpaired) electrons. The molecule has 0 aromatic heterocycles. The predicted octanol–water partition coefficient (Wildman–Crippen LogP) is 2.72. The Bertz CT molecular complexity index is 666. The molecular formula is C18H17NO. The van der Waals surface area contributed by atoms with Crippen LogP contribution in [0.25, 0.3) is 0 Å². The molecule has 2 aromatic rings. The Kier molecular flexibility index (Phi) is 3.71. The zero-order valence-corrected chi connectivity index (χ0v) is 11.3. The molecule has 2 aromatic carbocycles. The van der Waals surface area contributed by atoms with E-state index >= 15 is 0 Å². The molecule has 1 aliphatic carbocycles. The van der Waals surface area contributed by atoms with E-state index in [0.29, 0.717) is 12.5 Å². The van der Waals surface area contributed by atoms with Crippen molar-refractivity contribution in [3.63, 3.8) is 0 Å². The van der Waals surface area contributed by atoms with E-state index in [4.69, 9.17) is 10.5 Å². The van der Waals surface area contributed by atoms with Crippen LogP contribution >= 0.6 is 0 Å². The summed E-state index contributed by atoms with van der Waals surface area (Å²) in [5.41, 5.74) is 9.20. The lowest BCUT2D eigenvalue weighted by Crippen LogP contribution is -2.23. The quantitative estimate of drug-likeness (QED) is 0.864. The van der Waals surface area contributed by atoms with Crippen molar-refractivity contribution in [2.75, 3.05) is 13.2 Å². The van der Waals surface area contributed by atoms with E-state index in [-0.39, 0.29) is 0 Å². The fraction of sp³-hybridized carbons (Fsp3) is 0.222. The van der Waals surface area contributed by atoms with E-state index in [1.54, 1.807) is 0 Å². The second-order valence-corrected chi connectivity index (χ2v) is 4.94. The number of ether oxygens (including phenoxy) is 1. The fourth-order valence-corrected chi connectivity index (χ4v) is 2.52. The average Bonchev–Trinajstić information content (AvgIpc) is 2.46. The van der Waals surface area contributed by atoms with Crippen molar-refractivity contribution in [1.82, 2.24) is 0 Å². The van der Waals surface area contributed by atoms with Crippen LogP contribution in [0.4, 0.5) is 0 Å². The molecule has 1 atom stereocenters. The molecule has 20 heavy (non-hydrogen) atoms. The molecule has 0 amide bonds. The predicted molar refractivity (Wildman–Crippen MR) is 80.8 cm³/mol. The molecule has 1 unspecified atom stereocenters. The summed E-state index contributed by atoms with van der Waals surface area (Å²) in [6.07, 6.45) is 1.11. The molecule has 2 N–H and O–H groups in total. The monoisotopic (exact) mass is 263 g/mol. The lowest BCUT2D eigenvalue weighted by molar-refractivity contribution is 0.275. The largest absolute Gasteiger partial charge is 0.493 e. The molecule has 3 rings (SSSR count). The zero-order chi connectivity index (χ0) is 13.8. The van der Waals surface area contributed by atoms with Gasteiger partial charge >= 0.3 is 0 Å². The van der Waals surface area contributed by atoms with E-state index in [2.05, 4.69) is 36.1 Å². The van der Waals surface area contributed by atoms with E-state index in [0.717, 1.165) is 24.3 Å². The number of benzene rings is 2. The fourth-order valence-electron chi connectivity index (χ4n) is 2.52. The highest BCUT2D eigenvalue weighted by Gasteiger charge is 2.25. The van der Waals surface area contributed by atoms with Crippen LogP contribution in [0.2, 0.25) is 0 Å². The number of fused-ring (bicyclic) bond motifs is 1. The minimum Gasteiger partial charge on any atom is -0.493 e. The Morgan fingerprint density at radius 3 is 2.90 bits per heavy atom. The highest BCUT2D eigenvalue weighted by molar-refractivity contribution is 5.41. The number of rotatable bonds is 3. The Morgan fingerprint density at radius 1 is 1.15 bits per heavy atom. The van der Waals surface area contributed by atoms with E-state index in [1.165, 1.54) is 11.1 Å². The summed E-state index contributed by atoms with van der Waals surface area (Å²) < 4.78 is 5.89. The summed E-state index contributed by atoms with van der Waals surface area (Å²) in [5, 5.41) is 0. The highest BCUT2D eigenvalue weighted by Crippen LogP contribution is 2.35. The third-order valence-electron chi connectivity index (χ3n) is 3.58. The molecule has 0 saturated carbocycles. The van der Waals surface area contributed by atoms with Gasteiger partial charge in [0, 0.05) is 11.5 Å². The van der Waals surface area contributed by atoms with Crippen molar-refractivity contribution in [3.8, 4) is 17.6 Å². The highest BCUT2D eigenvalue weighted by atomic mass is 16.5. The standard InChI is InChI=1S/C18H17NO/c19-10-4-6-14-5-3-8-17(11-14)20-13-16-12-15-7-1-2-9-18(15)16/h1-3,5,7-9,11,16H,10,12-13,19H2. The molecule has 0 spiro atoms. The Morgan fingerprint density at radius 2 is 2.05 bits per heavy atom. The lowest BCUT2D eigenvalue weighted by atomic mass is 9.78. The summed E-state index contributed by atoms with van der Waals surface area (Å²) >= 11 is 0. The van der Waals surface area contributed by atoms with E-state index in [9.17, 15) is 0 Å². The number of hydrogen-bond donors (Lipinski definition) is 1. The second-order valence-electron chi connectivity index (χ2n) is 4.94. The maximum absolute atomic E-state index is 5.89. The van der Waals surface area contributed by atoms with Crippen LogP contribution in [0.3, 0.4) is 0 Å². The van der Waals surface area contributed by atoms with Crippen LogP contribution in [0.1, 0.15) is 22.6 Å². The molecule has 1 aliphatic rings. The first kappa shape index (κ1) is 12.8. The first-order chi connectivity index (χ1) is 9.86. The first-order valence-corrected chi connectivity index (χ1v) is 6.86. The van der Waals surface area contributed by atoms with Gasteiger partial charge in [-0.25, -0.2) is 0 Å². The lowest BCUT2D eigenvalue weighted by Gasteiger charge is -2.29. The minimum atomic E-state index is 0.379. The van der Waals surface area contributed by atoms with E-state index in [1.807, 2.05) is 24.3 Å². The van der Waals surface area contributed by atoms with Gasteiger partial charge in [0.1, 0.15) is 5.75 Å². The van der Waals surface area contributed by atoms with Crippen molar-refractivity contribution >= 4 is 0 Å². The SMILES string of the molecule is NCC#Cc1cccc(OCC2Cc3ccccc32)c1. The summed E-state index contributed by atoms with van der Waals surface area (Å²) in [5.74, 6) is 7.27. The van der Waals surface area contributed by atoms with Gasteiger partial charge in [0.05, 0.1) is 13.2 Å². The number of nitrogens with two attached hydrogens (primary N) is 1. The van der Waals surface area contributed by atoms with Gasteiger partial charge in [-0.05, 0) is 35.7 Å². The summed E-state index contributed by atoms with van der Waals surface area (Å²) in [6, 6.07) is 16.4. The molecule has 100 valence electrons. The van der Waals surface area contributed by atoms with Crippen molar-refractivity contribution in [2.45, 2.75) is 12.3 Å². The van der Waals surface area contributed by atoms with Crippen LogP contribution in [-0.4, -0.2) is 13.2 Å². The van der Waals surface area contributed by atoms with Crippen LogP contribution < -0.4 is 10.5 Å². The smallest absolute Gasteiger partial charge is 0.120 e. The molecule has 0 heterocycles. The maximum atomic E-state index is 5.89. The molecule has 2 heteroatoms.